The number of carbonyl (C=O) groups is 1. The van der Waals surface area contributed by atoms with E-state index in [-0.39, 0.29) is 17.0 Å². The lowest BCUT2D eigenvalue weighted by Crippen LogP contribution is -2.38. The van der Waals surface area contributed by atoms with Gasteiger partial charge in [-0.3, -0.25) is 9.36 Å². The molecule has 152 valence electrons. The van der Waals surface area contributed by atoms with Gasteiger partial charge in [0.1, 0.15) is 5.82 Å². The summed E-state index contributed by atoms with van der Waals surface area (Å²) in [5.74, 6) is 0.359. The van der Waals surface area contributed by atoms with Gasteiger partial charge in [0.2, 0.25) is 11.9 Å². The Balaban J connectivity index is 1.94. The Morgan fingerprint density at radius 3 is 2.64 bits per heavy atom. The standard InChI is InChI=1S/C19H26FN5O2S/c1-4-23(5-2)17(26)14(3)28-19-22-21-18(24-9-11-27-12-10-24)25(19)16-8-6-7-15(20)13-16/h6-8,13-14H,4-5,9-12H2,1-3H3. The highest BCUT2D eigenvalue weighted by Crippen LogP contribution is 2.30. The fraction of sp³-hybridized carbons (Fsp3) is 0.526. The van der Waals surface area contributed by atoms with E-state index in [1.807, 2.05) is 31.4 Å². The molecule has 0 radical (unpaired) electrons. The van der Waals surface area contributed by atoms with Crippen molar-refractivity contribution < 1.29 is 13.9 Å². The van der Waals surface area contributed by atoms with E-state index in [0.717, 1.165) is 0 Å². The van der Waals surface area contributed by atoms with Crippen molar-refractivity contribution in [1.82, 2.24) is 19.7 Å². The molecule has 0 N–H and O–H groups in total. The summed E-state index contributed by atoms with van der Waals surface area (Å²) < 4.78 is 21.1. The second kappa shape index (κ2) is 9.38. The number of morpholine rings is 1. The van der Waals surface area contributed by atoms with Crippen LogP contribution in [0.15, 0.2) is 29.4 Å². The van der Waals surface area contributed by atoms with E-state index in [1.54, 1.807) is 11.0 Å². The normalized spacial score (nSPS) is 15.5. The van der Waals surface area contributed by atoms with E-state index in [0.29, 0.717) is 56.2 Å². The van der Waals surface area contributed by atoms with E-state index in [2.05, 4.69) is 15.1 Å². The number of anilines is 1. The monoisotopic (exact) mass is 407 g/mol. The first-order chi connectivity index (χ1) is 13.5. The summed E-state index contributed by atoms with van der Waals surface area (Å²) in [7, 11) is 0. The summed E-state index contributed by atoms with van der Waals surface area (Å²) in [4.78, 5) is 16.5. The van der Waals surface area contributed by atoms with Gasteiger partial charge in [0, 0.05) is 26.2 Å². The van der Waals surface area contributed by atoms with Gasteiger partial charge in [0.15, 0.2) is 5.16 Å². The SMILES string of the molecule is CCN(CC)C(=O)C(C)Sc1nnc(N2CCOCC2)n1-c1cccc(F)c1. The number of carbonyl (C=O) groups excluding carboxylic acids is 1. The molecule has 0 spiro atoms. The molecule has 1 amide bonds. The maximum absolute atomic E-state index is 13.9. The molecule has 9 heteroatoms. The average molecular weight is 408 g/mol. The molecular formula is C19H26FN5O2S. The maximum atomic E-state index is 13.9. The molecular weight excluding hydrogens is 381 g/mol. The number of rotatable bonds is 7. The van der Waals surface area contributed by atoms with Crippen LogP contribution in [-0.2, 0) is 9.53 Å². The van der Waals surface area contributed by atoms with Crippen molar-refractivity contribution in [3.05, 3.63) is 30.1 Å². The number of nitrogens with zero attached hydrogens (tertiary/aromatic N) is 5. The molecule has 1 fully saturated rings. The summed E-state index contributed by atoms with van der Waals surface area (Å²) in [5.41, 5.74) is 0.636. The highest BCUT2D eigenvalue weighted by Gasteiger charge is 2.26. The lowest BCUT2D eigenvalue weighted by molar-refractivity contribution is -0.129. The van der Waals surface area contributed by atoms with Gasteiger partial charge >= 0.3 is 0 Å². The van der Waals surface area contributed by atoms with Crippen LogP contribution in [0.4, 0.5) is 10.3 Å². The molecule has 2 heterocycles. The van der Waals surface area contributed by atoms with Crippen molar-refractivity contribution in [2.24, 2.45) is 0 Å². The van der Waals surface area contributed by atoms with E-state index in [1.165, 1.54) is 23.9 Å². The topological polar surface area (TPSA) is 63.5 Å². The molecule has 0 saturated carbocycles. The van der Waals surface area contributed by atoms with Crippen LogP contribution in [-0.4, -0.2) is 70.2 Å². The molecule has 1 saturated heterocycles. The molecule has 1 unspecified atom stereocenters. The van der Waals surface area contributed by atoms with Gasteiger partial charge in [-0.05, 0) is 39.0 Å². The molecule has 3 rings (SSSR count). The third kappa shape index (κ3) is 4.47. The predicted octanol–water partition coefficient (Wildman–Crippen LogP) is 2.59. The van der Waals surface area contributed by atoms with Crippen molar-refractivity contribution >= 4 is 23.6 Å². The minimum atomic E-state index is -0.331. The first-order valence-electron chi connectivity index (χ1n) is 9.54. The molecule has 1 aliphatic heterocycles. The van der Waals surface area contributed by atoms with Gasteiger partial charge in [0.05, 0.1) is 24.2 Å². The van der Waals surface area contributed by atoms with E-state index in [4.69, 9.17) is 4.74 Å². The zero-order chi connectivity index (χ0) is 20.1. The van der Waals surface area contributed by atoms with Crippen LogP contribution in [0, 0.1) is 5.82 Å². The number of aromatic nitrogens is 3. The van der Waals surface area contributed by atoms with Crippen molar-refractivity contribution in [1.29, 1.82) is 0 Å². The van der Waals surface area contributed by atoms with Crippen LogP contribution in [0.25, 0.3) is 5.69 Å². The van der Waals surface area contributed by atoms with Crippen LogP contribution >= 0.6 is 11.8 Å². The van der Waals surface area contributed by atoms with Gasteiger partial charge in [-0.1, -0.05) is 17.8 Å². The third-order valence-electron chi connectivity index (χ3n) is 4.68. The minimum Gasteiger partial charge on any atom is -0.378 e. The molecule has 28 heavy (non-hydrogen) atoms. The van der Waals surface area contributed by atoms with Crippen LogP contribution in [0.5, 0.6) is 0 Å². The Labute approximate surface area is 168 Å². The van der Waals surface area contributed by atoms with E-state index >= 15 is 0 Å². The van der Waals surface area contributed by atoms with E-state index in [9.17, 15) is 9.18 Å². The fourth-order valence-corrected chi connectivity index (χ4v) is 4.10. The zero-order valence-corrected chi connectivity index (χ0v) is 17.3. The van der Waals surface area contributed by atoms with Crippen molar-refractivity contribution in [3.8, 4) is 5.69 Å². The number of hydrogen-bond acceptors (Lipinski definition) is 6. The Morgan fingerprint density at radius 1 is 1.29 bits per heavy atom. The Bertz CT molecular complexity index is 805. The minimum absolute atomic E-state index is 0.0525. The van der Waals surface area contributed by atoms with E-state index < -0.39 is 0 Å². The fourth-order valence-electron chi connectivity index (χ4n) is 3.15. The smallest absolute Gasteiger partial charge is 0.235 e. The third-order valence-corrected chi connectivity index (χ3v) is 5.71. The summed E-state index contributed by atoms with van der Waals surface area (Å²) in [5, 5.41) is 8.93. The first-order valence-corrected chi connectivity index (χ1v) is 10.4. The zero-order valence-electron chi connectivity index (χ0n) is 16.5. The van der Waals surface area contributed by atoms with Crippen LogP contribution < -0.4 is 4.90 Å². The second-order valence-electron chi connectivity index (χ2n) is 6.47. The molecule has 7 nitrogen and oxygen atoms in total. The lowest BCUT2D eigenvalue weighted by Gasteiger charge is -2.28. The lowest BCUT2D eigenvalue weighted by atomic mass is 10.3. The van der Waals surface area contributed by atoms with Crippen molar-refractivity contribution in [2.75, 3.05) is 44.3 Å². The number of halogens is 1. The van der Waals surface area contributed by atoms with Crippen LogP contribution in [0.3, 0.4) is 0 Å². The first kappa shape index (κ1) is 20.6. The van der Waals surface area contributed by atoms with Crippen LogP contribution in [0.2, 0.25) is 0 Å². The predicted molar refractivity (Wildman–Crippen MR) is 108 cm³/mol. The number of thioether (sulfide) groups is 1. The molecule has 0 bridgehead atoms. The number of amides is 1. The summed E-state index contributed by atoms with van der Waals surface area (Å²) >= 11 is 1.34. The number of ether oxygens (including phenoxy) is 1. The number of hydrogen-bond donors (Lipinski definition) is 0. The average Bonchev–Trinajstić information content (AvgIpc) is 3.13. The second-order valence-corrected chi connectivity index (χ2v) is 7.78. The van der Waals surface area contributed by atoms with Gasteiger partial charge in [-0.2, -0.15) is 0 Å². The van der Waals surface area contributed by atoms with Gasteiger partial charge in [-0.15, -0.1) is 10.2 Å². The van der Waals surface area contributed by atoms with Gasteiger partial charge in [-0.25, -0.2) is 4.39 Å². The summed E-state index contributed by atoms with van der Waals surface area (Å²) in [6, 6.07) is 6.33. The van der Waals surface area contributed by atoms with Gasteiger partial charge < -0.3 is 14.5 Å². The van der Waals surface area contributed by atoms with Crippen molar-refractivity contribution in [2.45, 2.75) is 31.2 Å². The Morgan fingerprint density at radius 2 is 2.00 bits per heavy atom. The molecule has 1 aliphatic rings. The molecule has 1 aromatic heterocycles. The summed E-state index contributed by atoms with van der Waals surface area (Å²) in [6.45, 7) is 9.70. The quantitative estimate of drug-likeness (QED) is 0.658. The molecule has 1 aromatic carbocycles. The van der Waals surface area contributed by atoms with Crippen LogP contribution in [0.1, 0.15) is 20.8 Å². The largest absolute Gasteiger partial charge is 0.378 e. The highest BCUT2D eigenvalue weighted by atomic mass is 32.2. The Hall–Kier alpha value is -2.13. The van der Waals surface area contributed by atoms with Crippen molar-refractivity contribution in [3.63, 3.8) is 0 Å². The molecule has 0 aliphatic carbocycles. The number of benzene rings is 1. The highest BCUT2D eigenvalue weighted by molar-refractivity contribution is 8.00. The molecule has 2 aromatic rings. The van der Waals surface area contributed by atoms with Gasteiger partial charge in [0.25, 0.3) is 0 Å². The Kier molecular flexibility index (Phi) is 6.90. The summed E-state index contributed by atoms with van der Waals surface area (Å²) in [6.07, 6.45) is 0. The molecule has 1 atom stereocenters. The maximum Gasteiger partial charge on any atom is 0.235 e.